The van der Waals surface area contributed by atoms with Crippen molar-refractivity contribution in [1.29, 1.82) is 0 Å². The molecule has 3 aromatic rings. The minimum atomic E-state index is 0.180. The van der Waals surface area contributed by atoms with Gasteiger partial charge >= 0.3 is 0 Å². The minimum absolute atomic E-state index is 0.180. The maximum absolute atomic E-state index is 12.6. The first kappa shape index (κ1) is 18.7. The zero-order chi connectivity index (χ0) is 19.3. The number of piperazine rings is 1. The summed E-state index contributed by atoms with van der Waals surface area (Å²) in [5.41, 5.74) is 1.90. The Balaban J connectivity index is 1.26. The molecule has 1 aliphatic heterocycles. The third-order valence-electron chi connectivity index (χ3n) is 4.92. The molecule has 0 unspecified atom stereocenters. The normalized spacial score (nSPS) is 15.0. The number of ether oxygens (including phenoxy) is 1. The van der Waals surface area contributed by atoms with Crippen LogP contribution in [0.1, 0.15) is 10.6 Å². The van der Waals surface area contributed by atoms with E-state index in [4.69, 9.17) is 9.15 Å². The number of furan rings is 1. The molecule has 0 N–H and O–H groups in total. The van der Waals surface area contributed by atoms with Crippen molar-refractivity contribution in [2.75, 3.05) is 33.3 Å². The van der Waals surface area contributed by atoms with Gasteiger partial charge < -0.3 is 14.1 Å². The molecule has 6 nitrogen and oxygen atoms in total. The molecule has 0 spiro atoms. The van der Waals surface area contributed by atoms with Gasteiger partial charge in [-0.05, 0) is 29.8 Å². The van der Waals surface area contributed by atoms with Gasteiger partial charge in [0.2, 0.25) is 5.91 Å². The van der Waals surface area contributed by atoms with Crippen molar-refractivity contribution < 1.29 is 13.9 Å². The van der Waals surface area contributed by atoms with Crippen molar-refractivity contribution in [1.82, 2.24) is 14.8 Å². The summed E-state index contributed by atoms with van der Waals surface area (Å²) >= 11 is 1.65. The highest BCUT2D eigenvalue weighted by atomic mass is 32.1. The van der Waals surface area contributed by atoms with Gasteiger partial charge in [0.25, 0.3) is 0 Å². The molecule has 146 valence electrons. The van der Waals surface area contributed by atoms with Crippen LogP contribution in [0.5, 0.6) is 5.75 Å². The van der Waals surface area contributed by atoms with Crippen LogP contribution in [-0.2, 0) is 17.8 Å². The van der Waals surface area contributed by atoms with Gasteiger partial charge in [-0.1, -0.05) is 12.1 Å². The van der Waals surface area contributed by atoms with Crippen molar-refractivity contribution in [2.45, 2.75) is 13.0 Å². The molecule has 0 bridgehead atoms. The van der Waals surface area contributed by atoms with E-state index in [2.05, 4.69) is 9.88 Å². The number of aromatic nitrogens is 1. The largest absolute Gasteiger partial charge is 0.497 e. The quantitative estimate of drug-likeness (QED) is 0.639. The van der Waals surface area contributed by atoms with Crippen LogP contribution in [0.4, 0.5) is 0 Å². The van der Waals surface area contributed by atoms with E-state index in [1.165, 1.54) is 0 Å². The van der Waals surface area contributed by atoms with Crippen LogP contribution in [0.2, 0.25) is 0 Å². The van der Waals surface area contributed by atoms with Gasteiger partial charge in [0.1, 0.15) is 16.5 Å². The maximum atomic E-state index is 12.6. The Labute approximate surface area is 168 Å². The molecule has 0 aliphatic carbocycles. The highest BCUT2D eigenvalue weighted by molar-refractivity contribution is 7.09. The van der Waals surface area contributed by atoms with Crippen molar-refractivity contribution in [3.63, 3.8) is 0 Å². The summed E-state index contributed by atoms with van der Waals surface area (Å²) in [7, 11) is 1.64. The van der Waals surface area contributed by atoms with Gasteiger partial charge in [-0.3, -0.25) is 9.69 Å². The molecule has 0 atom stereocenters. The van der Waals surface area contributed by atoms with E-state index in [0.29, 0.717) is 6.42 Å². The topological polar surface area (TPSA) is 58.8 Å². The molecule has 1 fully saturated rings. The summed E-state index contributed by atoms with van der Waals surface area (Å²) in [5.74, 6) is 1.79. The summed E-state index contributed by atoms with van der Waals surface area (Å²) in [6.45, 7) is 4.05. The van der Waals surface area contributed by atoms with Crippen molar-refractivity contribution >= 4 is 17.2 Å². The van der Waals surface area contributed by atoms with E-state index < -0.39 is 0 Å². The van der Waals surface area contributed by atoms with E-state index in [9.17, 15) is 4.79 Å². The predicted octanol–water partition coefficient (Wildman–Crippen LogP) is 3.30. The van der Waals surface area contributed by atoms with Gasteiger partial charge in [0.15, 0.2) is 5.76 Å². The third kappa shape index (κ3) is 4.43. The average Bonchev–Trinajstić information content (AvgIpc) is 3.41. The fourth-order valence-electron chi connectivity index (χ4n) is 3.30. The number of carbonyl (C=O) groups is 1. The summed E-state index contributed by atoms with van der Waals surface area (Å²) in [5, 5.41) is 3.10. The summed E-state index contributed by atoms with van der Waals surface area (Å²) in [6.07, 6.45) is 2.10. The molecule has 28 heavy (non-hydrogen) atoms. The minimum Gasteiger partial charge on any atom is -0.497 e. The molecule has 1 aliphatic rings. The fourth-order valence-corrected chi connectivity index (χ4v) is 4.12. The highest BCUT2D eigenvalue weighted by Crippen LogP contribution is 2.23. The molecule has 7 heteroatoms. The van der Waals surface area contributed by atoms with E-state index in [0.717, 1.165) is 60.5 Å². The van der Waals surface area contributed by atoms with E-state index in [1.54, 1.807) is 24.7 Å². The van der Waals surface area contributed by atoms with Crippen molar-refractivity contribution in [3.05, 3.63) is 58.6 Å². The third-order valence-corrected chi connectivity index (χ3v) is 5.76. The van der Waals surface area contributed by atoms with Crippen molar-refractivity contribution in [3.8, 4) is 17.2 Å². The maximum Gasteiger partial charge on any atom is 0.227 e. The lowest BCUT2D eigenvalue weighted by Gasteiger charge is -2.34. The van der Waals surface area contributed by atoms with Gasteiger partial charge in [-0.15, -0.1) is 11.3 Å². The van der Waals surface area contributed by atoms with Crippen LogP contribution < -0.4 is 4.74 Å². The molecular formula is C21H23N3O3S. The van der Waals surface area contributed by atoms with E-state index >= 15 is 0 Å². The Morgan fingerprint density at radius 2 is 1.96 bits per heavy atom. The van der Waals surface area contributed by atoms with Crippen LogP contribution in [0, 0.1) is 0 Å². The SMILES string of the molecule is COc1ccc(CC(=O)N2CCN(Cc3nc(-c4ccco4)cs3)CC2)cc1. The van der Waals surface area contributed by atoms with Gasteiger partial charge in [-0.25, -0.2) is 4.98 Å². The Morgan fingerprint density at radius 1 is 1.18 bits per heavy atom. The lowest BCUT2D eigenvalue weighted by Crippen LogP contribution is -2.48. The van der Waals surface area contributed by atoms with E-state index in [-0.39, 0.29) is 5.91 Å². The second-order valence-corrected chi connectivity index (χ2v) is 7.73. The smallest absolute Gasteiger partial charge is 0.227 e. The Bertz CT molecular complexity index is 897. The zero-order valence-electron chi connectivity index (χ0n) is 15.8. The first-order valence-corrected chi connectivity index (χ1v) is 10.2. The average molecular weight is 398 g/mol. The number of benzene rings is 1. The first-order chi connectivity index (χ1) is 13.7. The summed E-state index contributed by atoms with van der Waals surface area (Å²) in [6, 6.07) is 11.5. The lowest BCUT2D eigenvalue weighted by atomic mass is 10.1. The fraction of sp³-hybridized carbons (Fsp3) is 0.333. The molecule has 0 saturated carbocycles. The molecule has 4 rings (SSSR count). The number of thiazole rings is 1. The molecular weight excluding hydrogens is 374 g/mol. The number of nitrogens with zero attached hydrogens (tertiary/aromatic N) is 3. The second-order valence-electron chi connectivity index (χ2n) is 6.79. The molecule has 3 heterocycles. The Hall–Kier alpha value is -2.64. The van der Waals surface area contributed by atoms with Gasteiger partial charge in [-0.2, -0.15) is 0 Å². The standard InChI is InChI=1S/C21H23N3O3S/c1-26-17-6-4-16(5-7-17)13-21(25)24-10-8-23(9-11-24)14-20-22-18(15-28-20)19-3-2-12-27-19/h2-7,12,15H,8-11,13-14H2,1H3. The Morgan fingerprint density at radius 3 is 2.64 bits per heavy atom. The summed E-state index contributed by atoms with van der Waals surface area (Å²) in [4.78, 5) is 21.5. The molecule has 1 amide bonds. The number of amides is 1. The number of rotatable bonds is 6. The van der Waals surface area contributed by atoms with Gasteiger partial charge in [0, 0.05) is 31.6 Å². The number of hydrogen-bond donors (Lipinski definition) is 0. The number of methoxy groups -OCH3 is 1. The molecule has 1 saturated heterocycles. The molecule has 1 aromatic carbocycles. The lowest BCUT2D eigenvalue weighted by molar-refractivity contribution is -0.132. The zero-order valence-corrected chi connectivity index (χ0v) is 16.7. The number of hydrogen-bond acceptors (Lipinski definition) is 6. The summed E-state index contributed by atoms with van der Waals surface area (Å²) < 4.78 is 10.6. The van der Waals surface area contributed by atoms with Crippen LogP contribution in [-0.4, -0.2) is 54.0 Å². The Kier molecular flexibility index (Phi) is 5.73. The first-order valence-electron chi connectivity index (χ1n) is 9.32. The van der Waals surface area contributed by atoms with Crippen LogP contribution >= 0.6 is 11.3 Å². The van der Waals surface area contributed by atoms with Gasteiger partial charge in [0.05, 0.1) is 26.3 Å². The highest BCUT2D eigenvalue weighted by Gasteiger charge is 2.22. The van der Waals surface area contributed by atoms with E-state index in [1.807, 2.05) is 46.7 Å². The van der Waals surface area contributed by atoms with Crippen LogP contribution in [0.25, 0.3) is 11.5 Å². The predicted molar refractivity (Wildman–Crippen MR) is 108 cm³/mol. The van der Waals surface area contributed by atoms with Crippen LogP contribution in [0.3, 0.4) is 0 Å². The van der Waals surface area contributed by atoms with Crippen LogP contribution in [0.15, 0.2) is 52.5 Å². The number of carbonyl (C=O) groups excluding carboxylic acids is 1. The molecule has 0 radical (unpaired) electrons. The monoisotopic (exact) mass is 397 g/mol. The van der Waals surface area contributed by atoms with Crippen molar-refractivity contribution in [2.24, 2.45) is 0 Å². The second kappa shape index (κ2) is 8.58. The molecule has 2 aromatic heterocycles.